The number of aromatic nitrogens is 1. The Morgan fingerprint density at radius 2 is 2.29 bits per heavy atom. The molecule has 0 saturated carbocycles. The summed E-state index contributed by atoms with van der Waals surface area (Å²) in [6, 6.07) is 0. The first-order valence-electron chi connectivity index (χ1n) is 6.26. The minimum atomic E-state index is -0.316. The van der Waals surface area contributed by atoms with Crippen LogP contribution in [-0.2, 0) is 6.54 Å². The number of nitrogens with zero attached hydrogens (tertiary/aromatic N) is 2. The van der Waals surface area contributed by atoms with Crippen LogP contribution in [0.1, 0.15) is 24.5 Å². The summed E-state index contributed by atoms with van der Waals surface area (Å²) in [6.07, 6.45) is 3.91. The zero-order valence-electron chi connectivity index (χ0n) is 10.4. The van der Waals surface area contributed by atoms with E-state index in [-0.39, 0.29) is 6.10 Å². The van der Waals surface area contributed by atoms with Gasteiger partial charge in [0.1, 0.15) is 5.76 Å². The average molecular weight is 239 g/mol. The Morgan fingerprint density at radius 3 is 2.94 bits per heavy atom. The van der Waals surface area contributed by atoms with Crippen LogP contribution < -0.4 is 5.32 Å². The van der Waals surface area contributed by atoms with Gasteiger partial charge in [-0.3, -0.25) is 0 Å². The highest BCUT2D eigenvalue weighted by Gasteiger charge is 2.15. The Kier molecular flexibility index (Phi) is 4.53. The van der Waals surface area contributed by atoms with Gasteiger partial charge in [0, 0.05) is 13.1 Å². The molecule has 2 rings (SSSR count). The maximum atomic E-state index is 9.84. The van der Waals surface area contributed by atoms with Crippen molar-refractivity contribution in [2.75, 3.05) is 26.2 Å². The van der Waals surface area contributed by atoms with E-state index in [4.69, 9.17) is 4.42 Å². The van der Waals surface area contributed by atoms with Crippen molar-refractivity contribution in [2.45, 2.75) is 32.4 Å². The molecule has 17 heavy (non-hydrogen) atoms. The third kappa shape index (κ3) is 4.11. The molecule has 5 heteroatoms. The number of rotatable bonds is 6. The van der Waals surface area contributed by atoms with Gasteiger partial charge in [0.25, 0.3) is 0 Å². The summed E-state index contributed by atoms with van der Waals surface area (Å²) in [6.45, 7) is 6.03. The quantitative estimate of drug-likeness (QED) is 0.758. The minimum Gasteiger partial charge on any atom is -0.445 e. The molecule has 0 radical (unpaired) electrons. The van der Waals surface area contributed by atoms with Crippen LogP contribution in [0, 0.1) is 6.92 Å². The Hall–Kier alpha value is -0.910. The molecular weight excluding hydrogens is 218 g/mol. The molecule has 2 heterocycles. The van der Waals surface area contributed by atoms with Gasteiger partial charge in [-0.25, -0.2) is 4.98 Å². The summed E-state index contributed by atoms with van der Waals surface area (Å²) in [4.78, 5) is 6.40. The standard InChI is InChI=1S/C12H21N3O2/c1-10-6-14-12(17-10)8-13-7-11(16)9-15-4-2-3-5-15/h6,11,13,16H,2-5,7-9H2,1H3. The Balaban J connectivity index is 1.60. The summed E-state index contributed by atoms with van der Waals surface area (Å²) < 4.78 is 5.33. The van der Waals surface area contributed by atoms with E-state index in [2.05, 4.69) is 15.2 Å². The molecule has 1 aliphatic heterocycles. The molecule has 1 aromatic heterocycles. The molecule has 1 atom stereocenters. The minimum absolute atomic E-state index is 0.316. The van der Waals surface area contributed by atoms with Crippen LogP contribution in [0.4, 0.5) is 0 Å². The molecular formula is C12H21N3O2. The van der Waals surface area contributed by atoms with Gasteiger partial charge in [0.15, 0.2) is 0 Å². The fraction of sp³-hybridized carbons (Fsp3) is 0.750. The maximum absolute atomic E-state index is 9.84. The molecule has 96 valence electrons. The molecule has 1 saturated heterocycles. The topological polar surface area (TPSA) is 61.5 Å². The summed E-state index contributed by atoms with van der Waals surface area (Å²) in [5, 5.41) is 13.0. The molecule has 0 bridgehead atoms. The van der Waals surface area contributed by atoms with Gasteiger partial charge in [0.05, 0.1) is 18.8 Å². The van der Waals surface area contributed by atoms with Crippen molar-refractivity contribution in [2.24, 2.45) is 0 Å². The second kappa shape index (κ2) is 6.14. The second-order valence-corrected chi connectivity index (χ2v) is 4.66. The van der Waals surface area contributed by atoms with E-state index in [9.17, 15) is 5.11 Å². The first-order valence-corrected chi connectivity index (χ1v) is 6.26. The van der Waals surface area contributed by atoms with Gasteiger partial charge in [-0.1, -0.05) is 0 Å². The van der Waals surface area contributed by atoms with Crippen molar-refractivity contribution in [3.05, 3.63) is 17.8 Å². The van der Waals surface area contributed by atoms with Crippen molar-refractivity contribution in [3.63, 3.8) is 0 Å². The summed E-state index contributed by atoms with van der Waals surface area (Å²) in [7, 11) is 0. The Morgan fingerprint density at radius 1 is 1.53 bits per heavy atom. The molecule has 0 aromatic carbocycles. The van der Waals surface area contributed by atoms with Crippen molar-refractivity contribution >= 4 is 0 Å². The highest BCUT2D eigenvalue weighted by molar-refractivity contribution is 4.90. The number of oxazole rings is 1. The number of nitrogens with one attached hydrogen (secondary N) is 1. The summed E-state index contributed by atoms with van der Waals surface area (Å²) in [5.74, 6) is 1.50. The summed E-state index contributed by atoms with van der Waals surface area (Å²) in [5.41, 5.74) is 0. The first-order chi connectivity index (χ1) is 8.24. The van der Waals surface area contributed by atoms with E-state index < -0.39 is 0 Å². The van der Waals surface area contributed by atoms with Crippen LogP contribution in [0.3, 0.4) is 0 Å². The van der Waals surface area contributed by atoms with Crippen LogP contribution in [0.5, 0.6) is 0 Å². The molecule has 1 unspecified atom stereocenters. The van der Waals surface area contributed by atoms with Gasteiger partial charge < -0.3 is 19.7 Å². The lowest BCUT2D eigenvalue weighted by Crippen LogP contribution is -2.36. The molecule has 5 nitrogen and oxygen atoms in total. The molecule has 0 spiro atoms. The van der Waals surface area contributed by atoms with Gasteiger partial charge in [0.2, 0.25) is 5.89 Å². The summed E-state index contributed by atoms with van der Waals surface area (Å²) >= 11 is 0. The van der Waals surface area contributed by atoms with Crippen LogP contribution in [-0.4, -0.2) is 47.3 Å². The van der Waals surface area contributed by atoms with Crippen LogP contribution in [0.15, 0.2) is 10.6 Å². The number of β-amino-alcohol motifs (C(OH)–C–C–N with tert-alkyl or cyclic N) is 1. The van der Waals surface area contributed by atoms with Crippen molar-refractivity contribution in [1.29, 1.82) is 0 Å². The number of hydrogen-bond donors (Lipinski definition) is 2. The van der Waals surface area contributed by atoms with Crippen LogP contribution in [0.2, 0.25) is 0 Å². The van der Waals surface area contributed by atoms with E-state index in [1.807, 2.05) is 6.92 Å². The fourth-order valence-corrected chi connectivity index (χ4v) is 2.16. The average Bonchev–Trinajstić information content (AvgIpc) is 2.90. The number of aliphatic hydroxyl groups excluding tert-OH is 1. The molecule has 1 aliphatic rings. The first kappa shape index (κ1) is 12.5. The van der Waals surface area contributed by atoms with Crippen LogP contribution >= 0.6 is 0 Å². The van der Waals surface area contributed by atoms with Gasteiger partial charge in [-0.15, -0.1) is 0 Å². The maximum Gasteiger partial charge on any atom is 0.208 e. The monoisotopic (exact) mass is 239 g/mol. The van der Waals surface area contributed by atoms with E-state index in [1.54, 1.807) is 6.20 Å². The molecule has 0 aliphatic carbocycles. The third-order valence-corrected chi connectivity index (χ3v) is 2.99. The van der Waals surface area contributed by atoms with Gasteiger partial charge >= 0.3 is 0 Å². The lowest BCUT2D eigenvalue weighted by atomic mass is 10.3. The predicted molar refractivity (Wildman–Crippen MR) is 64.6 cm³/mol. The lowest BCUT2D eigenvalue weighted by molar-refractivity contribution is 0.122. The van der Waals surface area contributed by atoms with Crippen molar-refractivity contribution in [3.8, 4) is 0 Å². The SMILES string of the molecule is Cc1cnc(CNCC(O)CN2CCCC2)o1. The Labute approximate surface area is 102 Å². The zero-order valence-corrected chi connectivity index (χ0v) is 10.4. The van der Waals surface area contributed by atoms with E-state index >= 15 is 0 Å². The predicted octanol–water partition coefficient (Wildman–Crippen LogP) is 0.529. The van der Waals surface area contributed by atoms with E-state index in [0.717, 1.165) is 25.4 Å². The van der Waals surface area contributed by atoms with E-state index in [1.165, 1.54) is 12.8 Å². The van der Waals surface area contributed by atoms with Crippen molar-refractivity contribution in [1.82, 2.24) is 15.2 Å². The Bertz CT molecular complexity index is 334. The number of likely N-dealkylation sites (tertiary alicyclic amines) is 1. The van der Waals surface area contributed by atoms with Gasteiger partial charge in [-0.05, 0) is 32.9 Å². The highest BCUT2D eigenvalue weighted by atomic mass is 16.4. The lowest BCUT2D eigenvalue weighted by Gasteiger charge is -2.19. The largest absolute Gasteiger partial charge is 0.445 e. The number of aliphatic hydroxyl groups is 1. The second-order valence-electron chi connectivity index (χ2n) is 4.66. The third-order valence-electron chi connectivity index (χ3n) is 2.99. The molecule has 0 amide bonds. The van der Waals surface area contributed by atoms with Crippen molar-refractivity contribution < 1.29 is 9.52 Å². The normalized spacial score (nSPS) is 18.7. The van der Waals surface area contributed by atoms with Crippen LogP contribution in [0.25, 0.3) is 0 Å². The number of aryl methyl sites for hydroxylation is 1. The molecule has 1 aromatic rings. The molecule has 1 fully saturated rings. The highest BCUT2D eigenvalue weighted by Crippen LogP contribution is 2.07. The number of hydrogen-bond acceptors (Lipinski definition) is 5. The fourth-order valence-electron chi connectivity index (χ4n) is 2.16. The molecule has 2 N–H and O–H groups in total. The van der Waals surface area contributed by atoms with Gasteiger partial charge in [-0.2, -0.15) is 0 Å². The smallest absolute Gasteiger partial charge is 0.208 e. The zero-order chi connectivity index (χ0) is 12.1. The van der Waals surface area contributed by atoms with E-state index in [0.29, 0.717) is 19.0 Å².